The van der Waals surface area contributed by atoms with Gasteiger partial charge in [0.1, 0.15) is 24.2 Å². The van der Waals surface area contributed by atoms with E-state index >= 15 is 0 Å². The van der Waals surface area contributed by atoms with Crippen molar-refractivity contribution in [2.24, 2.45) is 0 Å². The van der Waals surface area contributed by atoms with Gasteiger partial charge in [0, 0.05) is 10.8 Å². The number of ether oxygens (including phenoxy) is 2. The van der Waals surface area contributed by atoms with Gasteiger partial charge >= 0.3 is 0 Å². The van der Waals surface area contributed by atoms with Crippen molar-refractivity contribution in [2.75, 3.05) is 6.67 Å². The zero-order valence-electron chi connectivity index (χ0n) is 11.9. The molecule has 1 aromatic rings. The quantitative estimate of drug-likeness (QED) is 0.632. The molecule has 0 saturated heterocycles. The van der Waals surface area contributed by atoms with Gasteiger partial charge in [-0.2, -0.15) is 0 Å². The van der Waals surface area contributed by atoms with Crippen LogP contribution in [0.25, 0.3) is 0 Å². The Balaban J connectivity index is 2.69. The highest BCUT2D eigenvalue weighted by molar-refractivity contribution is 6.88. The fourth-order valence-corrected chi connectivity index (χ4v) is 3.82. The summed E-state index contributed by atoms with van der Waals surface area (Å²) in [6.45, 7) is 3.84. The van der Waals surface area contributed by atoms with Crippen LogP contribution in [0.4, 0.5) is 13.2 Å². The SMILES string of the molecule is C[Si](C)(C)c1c(F)cc(C2OC=CO2)c(C(=O)CF)c1F. The topological polar surface area (TPSA) is 35.5 Å². The van der Waals surface area contributed by atoms with Gasteiger partial charge in [-0.1, -0.05) is 19.6 Å². The molecule has 0 unspecified atom stereocenters. The molecule has 0 amide bonds. The van der Waals surface area contributed by atoms with E-state index in [-0.39, 0.29) is 10.8 Å². The standard InChI is InChI=1S/C14H15F3O3Si/c1-21(2,3)13-9(16)6-8(14-19-4-5-20-14)11(12(13)17)10(18)7-15/h4-6,14H,7H2,1-3H3. The maximum atomic E-state index is 14.7. The van der Waals surface area contributed by atoms with E-state index in [1.807, 2.05) is 0 Å². The number of hydrogen-bond donors (Lipinski definition) is 0. The van der Waals surface area contributed by atoms with Crippen LogP contribution in [0.2, 0.25) is 19.6 Å². The van der Waals surface area contributed by atoms with E-state index in [9.17, 15) is 18.0 Å². The van der Waals surface area contributed by atoms with Gasteiger partial charge in [0.2, 0.25) is 0 Å². The normalized spacial score (nSPS) is 15.0. The zero-order chi connectivity index (χ0) is 15.8. The van der Waals surface area contributed by atoms with Gasteiger partial charge in [0.15, 0.2) is 12.5 Å². The van der Waals surface area contributed by atoms with Crippen molar-refractivity contribution < 1.29 is 27.4 Å². The van der Waals surface area contributed by atoms with E-state index in [1.165, 1.54) is 12.5 Å². The molecule has 3 nitrogen and oxygen atoms in total. The van der Waals surface area contributed by atoms with Crippen LogP contribution in [0.5, 0.6) is 0 Å². The summed E-state index contributed by atoms with van der Waals surface area (Å²) in [4.78, 5) is 11.7. The van der Waals surface area contributed by atoms with E-state index in [1.54, 1.807) is 19.6 Å². The highest BCUT2D eigenvalue weighted by atomic mass is 28.3. The molecule has 2 rings (SSSR count). The van der Waals surface area contributed by atoms with E-state index in [4.69, 9.17) is 9.47 Å². The van der Waals surface area contributed by atoms with Crippen LogP contribution in [-0.2, 0) is 9.47 Å². The van der Waals surface area contributed by atoms with Crippen LogP contribution < -0.4 is 5.19 Å². The van der Waals surface area contributed by atoms with Crippen LogP contribution in [0, 0.1) is 11.6 Å². The molecule has 0 aromatic heterocycles. The average molecular weight is 316 g/mol. The number of alkyl halides is 1. The Kier molecular flexibility index (Phi) is 4.13. The van der Waals surface area contributed by atoms with Gasteiger partial charge in [-0.05, 0) is 6.07 Å². The predicted octanol–water partition coefficient (Wildman–Crippen LogP) is 3.18. The molecule has 114 valence electrons. The molecule has 1 aliphatic heterocycles. The van der Waals surface area contributed by atoms with Crippen molar-refractivity contribution in [3.63, 3.8) is 0 Å². The lowest BCUT2D eigenvalue weighted by atomic mass is 10.0. The molecule has 0 radical (unpaired) electrons. The molecular weight excluding hydrogens is 301 g/mol. The third-order valence-corrected chi connectivity index (χ3v) is 5.07. The van der Waals surface area contributed by atoms with Crippen molar-refractivity contribution in [1.29, 1.82) is 0 Å². The minimum absolute atomic E-state index is 0.131. The van der Waals surface area contributed by atoms with Crippen molar-refractivity contribution in [1.82, 2.24) is 0 Å². The van der Waals surface area contributed by atoms with Crippen LogP contribution in [-0.4, -0.2) is 20.5 Å². The van der Waals surface area contributed by atoms with Crippen LogP contribution in [0.3, 0.4) is 0 Å². The second-order valence-corrected chi connectivity index (χ2v) is 10.7. The Morgan fingerprint density at radius 1 is 1.24 bits per heavy atom. The van der Waals surface area contributed by atoms with Gasteiger partial charge in [0.05, 0.1) is 13.6 Å². The Labute approximate surface area is 121 Å². The number of benzene rings is 1. The molecule has 0 fully saturated rings. The minimum atomic E-state index is -2.40. The molecular formula is C14H15F3O3Si. The van der Waals surface area contributed by atoms with Crippen molar-refractivity contribution in [2.45, 2.75) is 25.9 Å². The molecule has 1 aliphatic rings. The van der Waals surface area contributed by atoms with Crippen LogP contribution in [0.15, 0.2) is 18.6 Å². The van der Waals surface area contributed by atoms with Crippen molar-refractivity contribution >= 4 is 19.0 Å². The van der Waals surface area contributed by atoms with E-state index < -0.39 is 44.0 Å². The Hall–Kier alpha value is -1.76. The number of halogens is 3. The summed E-state index contributed by atoms with van der Waals surface area (Å²) in [6.07, 6.45) is 1.24. The first-order valence-corrected chi connectivity index (χ1v) is 9.85. The summed E-state index contributed by atoms with van der Waals surface area (Å²) in [7, 11) is -2.40. The van der Waals surface area contributed by atoms with Gasteiger partial charge in [-0.25, -0.2) is 13.2 Å². The summed E-state index contributed by atoms with van der Waals surface area (Å²) < 4.78 is 51.7. The molecule has 21 heavy (non-hydrogen) atoms. The molecule has 0 bridgehead atoms. The van der Waals surface area contributed by atoms with E-state index in [0.29, 0.717) is 0 Å². The number of rotatable bonds is 4. The Morgan fingerprint density at radius 2 is 1.81 bits per heavy atom. The van der Waals surface area contributed by atoms with E-state index in [2.05, 4.69) is 0 Å². The highest BCUT2D eigenvalue weighted by Crippen LogP contribution is 2.30. The molecule has 0 spiro atoms. The van der Waals surface area contributed by atoms with Gasteiger partial charge in [-0.15, -0.1) is 0 Å². The summed E-state index contributed by atoms with van der Waals surface area (Å²) in [5.74, 6) is -2.83. The number of carbonyl (C=O) groups excluding carboxylic acids is 1. The maximum absolute atomic E-state index is 14.7. The molecule has 0 atom stereocenters. The third kappa shape index (κ3) is 2.83. The summed E-state index contributed by atoms with van der Waals surface area (Å²) >= 11 is 0. The first-order valence-electron chi connectivity index (χ1n) is 6.35. The van der Waals surface area contributed by atoms with Crippen molar-refractivity contribution in [3.8, 4) is 0 Å². The van der Waals surface area contributed by atoms with Gasteiger partial charge < -0.3 is 9.47 Å². The molecule has 1 aromatic carbocycles. The summed E-state index contributed by atoms with van der Waals surface area (Å²) in [5.41, 5.74) is -0.635. The molecule has 0 saturated carbocycles. The van der Waals surface area contributed by atoms with Gasteiger partial charge in [0.25, 0.3) is 6.29 Å². The summed E-state index contributed by atoms with van der Waals surface area (Å²) in [5, 5.41) is -0.131. The Morgan fingerprint density at radius 3 is 2.29 bits per heavy atom. The van der Waals surface area contributed by atoms with E-state index in [0.717, 1.165) is 6.07 Å². The smallest absolute Gasteiger partial charge is 0.267 e. The lowest BCUT2D eigenvalue weighted by molar-refractivity contribution is -0.0255. The molecule has 1 heterocycles. The molecule has 7 heteroatoms. The third-order valence-electron chi connectivity index (χ3n) is 3.11. The maximum Gasteiger partial charge on any atom is 0.267 e. The number of carbonyl (C=O) groups is 1. The first-order chi connectivity index (χ1) is 9.77. The number of hydrogen-bond acceptors (Lipinski definition) is 3. The average Bonchev–Trinajstić information content (AvgIpc) is 2.89. The first kappa shape index (κ1) is 15.6. The fourth-order valence-electron chi connectivity index (χ4n) is 2.25. The Bertz CT molecular complexity index is 600. The van der Waals surface area contributed by atoms with Gasteiger partial charge in [-0.3, -0.25) is 4.79 Å². The monoisotopic (exact) mass is 316 g/mol. The fraction of sp³-hybridized carbons (Fsp3) is 0.357. The number of Topliss-reactive ketones (excluding diaryl/α,β-unsaturated/α-hetero) is 1. The predicted molar refractivity (Wildman–Crippen MR) is 73.7 cm³/mol. The summed E-state index contributed by atoms with van der Waals surface area (Å²) in [6, 6.07) is 0.997. The lowest BCUT2D eigenvalue weighted by Gasteiger charge is -2.23. The largest absolute Gasteiger partial charge is 0.455 e. The second kappa shape index (κ2) is 5.55. The van der Waals surface area contributed by atoms with Crippen molar-refractivity contribution in [3.05, 3.63) is 41.4 Å². The second-order valence-electron chi connectivity index (χ2n) is 5.69. The number of ketones is 1. The van der Waals surface area contributed by atoms with Crippen LogP contribution >= 0.6 is 0 Å². The molecule has 0 N–H and O–H groups in total. The minimum Gasteiger partial charge on any atom is -0.455 e. The highest BCUT2D eigenvalue weighted by Gasteiger charge is 2.34. The zero-order valence-corrected chi connectivity index (χ0v) is 12.9. The molecule has 0 aliphatic carbocycles. The lowest BCUT2D eigenvalue weighted by Crippen LogP contribution is -2.44. The van der Waals surface area contributed by atoms with Crippen LogP contribution in [0.1, 0.15) is 22.2 Å².